The van der Waals surface area contributed by atoms with Crippen LogP contribution in [-0.4, -0.2) is 37.6 Å². The summed E-state index contributed by atoms with van der Waals surface area (Å²) in [5, 5.41) is 0.997. The number of hydrogen-bond acceptors (Lipinski definition) is 1. The molecule has 0 aromatic carbocycles. The monoisotopic (exact) mass is 455 g/mol. The van der Waals surface area contributed by atoms with E-state index in [0.717, 1.165) is 0 Å². The highest BCUT2D eigenvalue weighted by Crippen LogP contribution is 2.55. The molecule has 0 saturated carbocycles. The Morgan fingerprint density at radius 1 is 0.714 bits per heavy atom. The van der Waals surface area contributed by atoms with E-state index in [4.69, 9.17) is 0 Å². The minimum Gasteiger partial charge on any atom is -0.320 e. The van der Waals surface area contributed by atoms with Crippen LogP contribution < -0.4 is 0 Å². The molecule has 1 fully saturated rings. The number of halogens is 1. The summed E-state index contributed by atoms with van der Waals surface area (Å²) in [7, 11) is -2.71. The first-order valence-corrected chi connectivity index (χ1v) is 21.6. The lowest BCUT2D eigenvalue weighted by molar-refractivity contribution is 0.544. The van der Waals surface area contributed by atoms with Crippen LogP contribution in [0.25, 0.3) is 0 Å². The van der Waals surface area contributed by atoms with Gasteiger partial charge in [0.25, 0.3) is 0 Å². The molecule has 0 bridgehead atoms. The molecule has 0 radical (unpaired) electrons. The van der Waals surface area contributed by atoms with Crippen LogP contribution in [0.15, 0.2) is 0 Å². The second kappa shape index (κ2) is 6.01. The van der Waals surface area contributed by atoms with Crippen LogP contribution in [0.3, 0.4) is 0 Å². The molecule has 0 aromatic heterocycles. The van der Waals surface area contributed by atoms with E-state index in [1.54, 1.807) is 0 Å². The van der Waals surface area contributed by atoms with Gasteiger partial charge in [0.05, 0.1) is 15.2 Å². The van der Waals surface area contributed by atoms with Crippen molar-refractivity contribution >= 4 is 41.7 Å². The molecule has 1 nitrogen and oxygen atoms in total. The maximum Gasteiger partial charge on any atom is 0.175 e. The molecular formula is C16H38INSi3. The van der Waals surface area contributed by atoms with Gasteiger partial charge in [0.1, 0.15) is 0 Å². The minimum atomic E-state index is -1.46. The Kier molecular flexibility index (Phi) is 5.83. The highest BCUT2D eigenvalue weighted by molar-refractivity contribution is 14.1. The summed E-state index contributed by atoms with van der Waals surface area (Å²) in [4.78, 5) is 0. The summed E-state index contributed by atoms with van der Waals surface area (Å²) in [6, 6.07) is 0. The predicted molar refractivity (Wildman–Crippen MR) is 115 cm³/mol. The third-order valence-electron chi connectivity index (χ3n) is 6.95. The Morgan fingerprint density at radius 3 is 1.24 bits per heavy atom. The van der Waals surface area contributed by atoms with E-state index in [-0.39, 0.29) is 0 Å². The van der Waals surface area contributed by atoms with E-state index in [2.05, 4.69) is 94.1 Å². The standard InChI is InChI=1S/C16H38INSi3/c1-15(2,3)19(7,8)21(17,18-13-11-12-14-18)20(9,10)16(4,5)6/h11-14H2,1-10H3. The van der Waals surface area contributed by atoms with Crippen molar-refractivity contribution in [1.82, 2.24) is 4.57 Å². The molecule has 0 aromatic rings. The summed E-state index contributed by atoms with van der Waals surface area (Å²) in [6.45, 7) is 28.9. The highest BCUT2D eigenvalue weighted by Gasteiger charge is 2.67. The highest BCUT2D eigenvalue weighted by atomic mass is 127. The van der Waals surface area contributed by atoms with Gasteiger partial charge in [-0.25, -0.2) is 0 Å². The molecule has 1 saturated heterocycles. The van der Waals surface area contributed by atoms with E-state index in [9.17, 15) is 0 Å². The summed E-state index contributed by atoms with van der Waals surface area (Å²) in [5.74, 6) is 0. The van der Waals surface area contributed by atoms with Gasteiger partial charge < -0.3 is 4.57 Å². The summed E-state index contributed by atoms with van der Waals surface area (Å²) < 4.78 is 1.60. The molecule has 126 valence electrons. The van der Waals surface area contributed by atoms with Gasteiger partial charge in [0.2, 0.25) is 0 Å². The van der Waals surface area contributed by atoms with E-state index >= 15 is 0 Å². The molecule has 5 heteroatoms. The smallest absolute Gasteiger partial charge is 0.175 e. The van der Waals surface area contributed by atoms with Gasteiger partial charge in [-0.3, -0.25) is 0 Å². The molecule has 0 unspecified atom stereocenters. The zero-order valence-electron chi connectivity index (χ0n) is 16.2. The molecule has 1 rings (SSSR count). The van der Waals surface area contributed by atoms with Crippen LogP contribution in [0.1, 0.15) is 54.4 Å². The molecule has 0 amide bonds. The first-order valence-electron chi connectivity index (χ1n) is 8.55. The van der Waals surface area contributed by atoms with Crippen LogP contribution in [0.4, 0.5) is 0 Å². The Morgan fingerprint density at radius 2 is 1.00 bits per heavy atom. The lowest BCUT2D eigenvalue weighted by atomic mass is 10.2. The average Bonchev–Trinajstić information content (AvgIpc) is 2.77. The van der Waals surface area contributed by atoms with E-state index < -0.39 is 19.9 Å². The largest absolute Gasteiger partial charge is 0.320 e. The Bertz CT molecular complexity index is 348. The van der Waals surface area contributed by atoms with Gasteiger partial charge in [-0.05, 0) is 36.0 Å². The molecule has 1 aliphatic rings. The molecule has 0 atom stereocenters. The lowest BCUT2D eigenvalue weighted by Gasteiger charge is -2.61. The van der Waals surface area contributed by atoms with E-state index in [1.165, 1.54) is 25.9 Å². The maximum absolute atomic E-state index is 3.10. The van der Waals surface area contributed by atoms with Crippen molar-refractivity contribution in [2.75, 3.05) is 13.1 Å². The number of rotatable bonds is 3. The third-order valence-corrected chi connectivity index (χ3v) is 73.0. The van der Waals surface area contributed by atoms with Crippen molar-refractivity contribution in [1.29, 1.82) is 0 Å². The lowest BCUT2D eigenvalue weighted by Crippen LogP contribution is -2.82. The van der Waals surface area contributed by atoms with E-state index in [1.807, 2.05) is 0 Å². The fourth-order valence-electron chi connectivity index (χ4n) is 3.59. The zero-order valence-corrected chi connectivity index (χ0v) is 21.3. The van der Waals surface area contributed by atoms with Crippen LogP contribution in [-0.2, 0) is 0 Å². The van der Waals surface area contributed by atoms with Gasteiger partial charge in [-0.2, -0.15) is 0 Å². The van der Waals surface area contributed by atoms with Crippen LogP contribution in [0.5, 0.6) is 0 Å². The molecule has 21 heavy (non-hydrogen) atoms. The number of hydrogen-bond donors (Lipinski definition) is 0. The van der Waals surface area contributed by atoms with Crippen molar-refractivity contribution in [2.24, 2.45) is 0 Å². The Hall–Kier alpha value is 1.34. The third kappa shape index (κ3) is 3.15. The molecule has 1 heterocycles. The average molecular weight is 456 g/mol. The molecule has 0 spiro atoms. The van der Waals surface area contributed by atoms with Gasteiger partial charge >= 0.3 is 0 Å². The molecule has 0 N–H and O–H groups in total. The zero-order chi connectivity index (χ0) is 16.9. The molecule has 0 aliphatic carbocycles. The second-order valence-electron chi connectivity index (χ2n) is 10.1. The van der Waals surface area contributed by atoms with Gasteiger partial charge in [0.15, 0.2) is 4.77 Å². The van der Waals surface area contributed by atoms with Crippen molar-refractivity contribution in [2.45, 2.75) is 90.6 Å². The fraction of sp³-hybridized carbons (Fsp3) is 1.00. The summed E-state index contributed by atoms with van der Waals surface area (Å²) >= 11 is 3.10. The molecule has 1 aliphatic heterocycles. The predicted octanol–water partition coefficient (Wildman–Crippen LogP) is 6.13. The van der Waals surface area contributed by atoms with E-state index in [0.29, 0.717) is 10.1 Å². The van der Waals surface area contributed by atoms with Crippen molar-refractivity contribution in [3.05, 3.63) is 0 Å². The topological polar surface area (TPSA) is 3.24 Å². The van der Waals surface area contributed by atoms with Gasteiger partial charge in [0, 0.05) is 0 Å². The van der Waals surface area contributed by atoms with Crippen LogP contribution in [0.2, 0.25) is 36.3 Å². The second-order valence-corrected chi connectivity index (χ2v) is 45.6. The normalized spacial score (nSPS) is 20.1. The van der Waals surface area contributed by atoms with Crippen molar-refractivity contribution in [3.63, 3.8) is 0 Å². The Balaban J connectivity index is 3.52. The van der Waals surface area contributed by atoms with Crippen LogP contribution in [0, 0.1) is 0 Å². The first kappa shape index (κ1) is 20.4. The molecular weight excluding hydrogens is 417 g/mol. The summed E-state index contributed by atoms with van der Waals surface area (Å²) in [5.41, 5.74) is 0. The summed E-state index contributed by atoms with van der Waals surface area (Å²) in [6.07, 6.45) is 2.86. The minimum absolute atomic E-state index is 0.499. The van der Waals surface area contributed by atoms with Gasteiger partial charge in [-0.1, -0.05) is 67.7 Å². The maximum atomic E-state index is 3.10. The SMILES string of the molecule is CC(C)(C)[Si](C)(C)[Si](I)(N1CCCC1)[Si](C)(C)C(C)(C)C. The quantitative estimate of drug-likeness (QED) is 0.281. The first-order chi connectivity index (χ1) is 9.11. The van der Waals surface area contributed by atoms with Crippen molar-refractivity contribution in [3.8, 4) is 0 Å². The fourth-order valence-corrected chi connectivity index (χ4v) is 63.2. The van der Waals surface area contributed by atoms with Crippen LogP contribution >= 0.6 is 21.8 Å². The van der Waals surface area contributed by atoms with Crippen molar-refractivity contribution < 1.29 is 0 Å². The Labute approximate surface area is 149 Å². The van der Waals surface area contributed by atoms with Gasteiger partial charge in [-0.15, -0.1) is 21.8 Å². The number of nitrogens with zero attached hydrogens (tertiary/aromatic N) is 1.